The lowest BCUT2D eigenvalue weighted by Crippen LogP contribution is -2.32. The summed E-state index contributed by atoms with van der Waals surface area (Å²) >= 11 is 0. The molecule has 1 aromatic carbocycles. The molecule has 0 heterocycles. The number of aliphatic hydroxyl groups is 1. The molecule has 21 heavy (non-hydrogen) atoms. The Labute approximate surface area is 126 Å². The van der Waals surface area contributed by atoms with E-state index in [1.54, 1.807) is 19.1 Å². The van der Waals surface area contributed by atoms with Crippen molar-refractivity contribution in [3.8, 4) is 6.07 Å². The Bertz CT molecular complexity index is 527. The molecule has 1 N–H and O–H groups in total. The first-order valence-corrected chi connectivity index (χ1v) is 7.88. The van der Waals surface area contributed by atoms with Gasteiger partial charge in [0.2, 0.25) is 0 Å². The van der Waals surface area contributed by atoms with Crippen LogP contribution in [0.1, 0.15) is 62.7 Å². The molecule has 0 spiro atoms. The van der Waals surface area contributed by atoms with Crippen LogP contribution in [0.25, 0.3) is 0 Å². The summed E-state index contributed by atoms with van der Waals surface area (Å²) in [6, 6.07) is 7.01. The van der Waals surface area contributed by atoms with Crippen LogP contribution in [0.4, 0.5) is 4.39 Å². The SMILES string of the molecule is CCCC1CCC(C#N)(C(O)c2ccc(F)c(C)c2)CC1. The third-order valence-corrected chi connectivity index (χ3v) is 4.94. The molecule has 2 rings (SSSR count). The van der Waals surface area contributed by atoms with Gasteiger partial charge in [-0.1, -0.05) is 31.9 Å². The van der Waals surface area contributed by atoms with Crippen LogP contribution in [0.15, 0.2) is 18.2 Å². The predicted molar refractivity (Wildman–Crippen MR) is 81.0 cm³/mol. The first-order chi connectivity index (χ1) is 10.0. The summed E-state index contributed by atoms with van der Waals surface area (Å²) in [5, 5.41) is 20.3. The van der Waals surface area contributed by atoms with Gasteiger partial charge in [0.25, 0.3) is 0 Å². The van der Waals surface area contributed by atoms with Crippen LogP contribution < -0.4 is 0 Å². The molecule has 0 saturated heterocycles. The largest absolute Gasteiger partial charge is 0.387 e. The van der Waals surface area contributed by atoms with Gasteiger partial charge in [-0.3, -0.25) is 0 Å². The van der Waals surface area contributed by atoms with Gasteiger partial charge in [-0.25, -0.2) is 4.39 Å². The predicted octanol–water partition coefficient (Wildman–Crippen LogP) is 4.67. The van der Waals surface area contributed by atoms with Crippen LogP contribution in [0, 0.1) is 35.4 Å². The van der Waals surface area contributed by atoms with Gasteiger partial charge in [0.1, 0.15) is 5.82 Å². The molecule has 0 radical (unpaired) electrons. The fraction of sp³-hybridized carbons (Fsp3) is 0.611. The summed E-state index contributed by atoms with van der Waals surface area (Å²) in [5.74, 6) is 0.405. The molecule has 1 fully saturated rings. The average Bonchev–Trinajstić information content (AvgIpc) is 2.51. The van der Waals surface area contributed by atoms with E-state index in [-0.39, 0.29) is 5.82 Å². The molecule has 0 amide bonds. The quantitative estimate of drug-likeness (QED) is 0.875. The third-order valence-electron chi connectivity index (χ3n) is 4.94. The Morgan fingerprint density at radius 3 is 2.62 bits per heavy atom. The van der Waals surface area contributed by atoms with Crippen LogP contribution in [0.2, 0.25) is 0 Å². The van der Waals surface area contributed by atoms with Crippen molar-refractivity contribution in [1.82, 2.24) is 0 Å². The summed E-state index contributed by atoms with van der Waals surface area (Å²) in [6.45, 7) is 3.87. The maximum Gasteiger partial charge on any atom is 0.126 e. The third kappa shape index (κ3) is 3.27. The molecular weight excluding hydrogens is 265 g/mol. The van der Waals surface area contributed by atoms with Gasteiger partial charge in [-0.2, -0.15) is 5.26 Å². The van der Waals surface area contributed by atoms with Crippen molar-refractivity contribution in [3.63, 3.8) is 0 Å². The standard InChI is InChI=1S/C18H24FNO/c1-3-4-14-7-9-18(12-20,10-8-14)17(21)15-5-6-16(19)13(2)11-15/h5-6,11,14,17,21H,3-4,7-10H2,1-2H3. The van der Waals surface area contributed by atoms with Gasteiger partial charge >= 0.3 is 0 Å². The molecule has 1 atom stereocenters. The zero-order chi connectivity index (χ0) is 15.5. The van der Waals surface area contributed by atoms with E-state index in [0.29, 0.717) is 17.0 Å². The first-order valence-electron chi connectivity index (χ1n) is 7.88. The summed E-state index contributed by atoms with van der Waals surface area (Å²) in [6.07, 6.45) is 5.00. The van der Waals surface area contributed by atoms with E-state index < -0.39 is 11.5 Å². The molecule has 0 aliphatic heterocycles. The van der Waals surface area contributed by atoms with Crippen molar-refractivity contribution < 1.29 is 9.50 Å². The highest BCUT2D eigenvalue weighted by atomic mass is 19.1. The molecule has 1 aliphatic rings. The van der Waals surface area contributed by atoms with Crippen LogP contribution in [0.3, 0.4) is 0 Å². The molecule has 0 bridgehead atoms. The van der Waals surface area contributed by atoms with Crippen LogP contribution in [0.5, 0.6) is 0 Å². The van der Waals surface area contributed by atoms with Crippen molar-refractivity contribution >= 4 is 0 Å². The molecule has 1 aromatic rings. The topological polar surface area (TPSA) is 44.0 Å². The van der Waals surface area contributed by atoms with E-state index in [1.165, 1.54) is 18.9 Å². The Balaban J connectivity index is 2.17. The number of hydrogen-bond acceptors (Lipinski definition) is 2. The number of halogens is 1. The van der Waals surface area contributed by atoms with E-state index in [1.807, 2.05) is 0 Å². The summed E-state index contributed by atoms with van der Waals surface area (Å²) in [4.78, 5) is 0. The molecule has 114 valence electrons. The van der Waals surface area contributed by atoms with Gasteiger partial charge in [0.05, 0.1) is 17.6 Å². The number of aryl methyl sites for hydroxylation is 1. The first kappa shape index (κ1) is 16.0. The van der Waals surface area contributed by atoms with E-state index in [4.69, 9.17) is 0 Å². The summed E-state index contributed by atoms with van der Waals surface area (Å²) in [5.41, 5.74) is 0.456. The smallest absolute Gasteiger partial charge is 0.126 e. The monoisotopic (exact) mass is 289 g/mol. The second kappa shape index (κ2) is 6.58. The summed E-state index contributed by atoms with van der Waals surface area (Å²) < 4.78 is 13.4. The molecule has 2 nitrogen and oxygen atoms in total. The minimum absolute atomic E-state index is 0.274. The van der Waals surface area contributed by atoms with Gasteiger partial charge < -0.3 is 5.11 Å². The van der Waals surface area contributed by atoms with Gasteiger partial charge in [-0.05, 0) is 55.7 Å². The molecule has 1 aliphatic carbocycles. The molecular formula is C18H24FNO. The summed E-state index contributed by atoms with van der Waals surface area (Å²) in [7, 11) is 0. The Morgan fingerprint density at radius 2 is 2.10 bits per heavy atom. The normalized spacial score (nSPS) is 27.1. The van der Waals surface area contributed by atoms with Crippen molar-refractivity contribution in [2.24, 2.45) is 11.3 Å². The van der Waals surface area contributed by atoms with Gasteiger partial charge in [0, 0.05) is 0 Å². The minimum atomic E-state index is -0.829. The van der Waals surface area contributed by atoms with Crippen molar-refractivity contribution in [1.29, 1.82) is 5.26 Å². The number of aliphatic hydroxyl groups excluding tert-OH is 1. The fourth-order valence-corrected chi connectivity index (χ4v) is 3.49. The lowest BCUT2D eigenvalue weighted by Gasteiger charge is -2.38. The van der Waals surface area contributed by atoms with Crippen molar-refractivity contribution in [2.45, 2.75) is 58.5 Å². The highest BCUT2D eigenvalue weighted by Gasteiger charge is 2.42. The number of nitrogens with zero attached hydrogens (tertiary/aromatic N) is 1. The van der Waals surface area contributed by atoms with Crippen molar-refractivity contribution in [3.05, 3.63) is 35.1 Å². The minimum Gasteiger partial charge on any atom is -0.387 e. The maximum atomic E-state index is 13.4. The van der Waals surface area contributed by atoms with Gasteiger partial charge in [-0.15, -0.1) is 0 Å². The van der Waals surface area contributed by atoms with Crippen LogP contribution in [-0.2, 0) is 0 Å². The van der Waals surface area contributed by atoms with Crippen LogP contribution in [-0.4, -0.2) is 5.11 Å². The average molecular weight is 289 g/mol. The molecule has 1 unspecified atom stereocenters. The van der Waals surface area contributed by atoms with Crippen molar-refractivity contribution in [2.75, 3.05) is 0 Å². The Morgan fingerprint density at radius 1 is 1.43 bits per heavy atom. The zero-order valence-electron chi connectivity index (χ0n) is 12.9. The highest BCUT2D eigenvalue weighted by Crippen LogP contribution is 2.48. The Hall–Kier alpha value is -1.40. The molecule has 1 saturated carbocycles. The van der Waals surface area contributed by atoms with E-state index in [0.717, 1.165) is 25.7 Å². The number of benzene rings is 1. The van der Waals surface area contributed by atoms with E-state index in [2.05, 4.69) is 13.0 Å². The van der Waals surface area contributed by atoms with Crippen LogP contribution >= 0.6 is 0 Å². The van der Waals surface area contributed by atoms with Gasteiger partial charge in [0.15, 0.2) is 0 Å². The van der Waals surface area contributed by atoms with E-state index >= 15 is 0 Å². The lowest BCUT2D eigenvalue weighted by molar-refractivity contribution is 0.0236. The van der Waals surface area contributed by atoms with E-state index in [9.17, 15) is 14.8 Å². The molecule has 3 heteroatoms. The fourth-order valence-electron chi connectivity index (χ4n) is 3.49. The lowest BCUT2D eigenvalue weighted by atomic mass is 9.66. The maximum absolute atomic E-state index is 13.4. The second-order valence-corrected chi connectivity index (χ2v) is 6.41. The zero-order valence-corrected chi connectivity index (χ0v) is 12.9. The molecule has 0 aromatic heterocycles. The second-order valence-electron chi connectivity index (χ2n) is 6.41. The highest BCUT2D eigenvalue weighted by molar-refractivity contribution is 5.28. The number of hydrogen-bond donors (Lipinski definition) is 1. The number of rotatable bonds is 4. The Kier molecular flexibility index (Phi) is 5.00. The number of nitriles is 1.